The van der Waals surface area contributed by atoms with Gasteiger partial charge in [-0.25, -0.2) is 8.78 Å². The summed E-state index contributed by atoms with van der Waals surface area (Å²) in [5.41, 5.74) is -9.08. The van der Waals surface area contributed by atoms with Crippen molar-refractivity contribution in [1.29, 1.82) is 0 Å². The summed E-state index contributed by atoms with van der Waals surface area (Å²) in [6, 6.07) is 15.6. The molecule has 0 atom stereocenters. The minimum Gasteiger partial charge on any atom is -0.380 e. The van der Waals surface area contributed by atoms with Crippen molar-refractivity contribution in [3.8, 4) is 11.1 Å². The van der Waals surface area contributed by atoms with E-state index < -0.39 is 68.9 Å². The Balaban J connectivity index is 0.00000372. The molecule has 4 aromatic carbocycles. The van der Waals surface area contributed by atoms with Gasteiger partial charge in [0.25, 0.3) is 11.8 Å². The fourth-order valence-electron chi connectivity index (χ4n) is 5.54. The van der Waals surface area contributed by atoms with Crippen LogP contribution < -0.4 is 10.6 Å². The summed E-state index contributed by atoms with van der Waals surface area (Å²) in [5.74, 6) is -9.21. The van der Waals surface area contributed by atoms with Crippen molar-refractivity contribution in [2.75, 3.05) is 10.6 Å². The molecule has 0 aromatic heterocycles. The van der Waals surface area contributed by atoms with Crippen LogP contribution in [-0.2, 0) is 26.8 Å². The lowest BCUT2D eigenvalue weighted by molar-refractivity contribution is -0.288. The quantitative estimate of drug-likeness (QED) is 0.176. The monoisotopic (exact) mass is 756 g/mol. The maximum absolute atomic E-state index is 15.2. The van der Waals surface area contributed by atoms with Crippen molar-refractivity contribution >= 4 is 24.1 Å². The largest absolute Gasteiger partial charge is 0.411 e. The van der Waals surface area contributed by atoms with E-state index in [-0.39, 0.29) is 11.3 Å². The van der Waals surface area contributed by atoms with E-state index in [0.29, 0.717) is 35.4 Å². The first-order valence-electron chi connectivity index (χ1n) is 15.9. The highest BCUT2D eigenvalue weighted by Crippen LogP contribution is 2.56. The third-order valence-electron chi connectivity index (χ3n) is 8.32. The van der Waals surface area contributed by atoms with E-state index >= 15 is 8.78 Å². The normalized spacial score (nSPS) is 13.1. The fourth-order valence-corrected chi connectivity index (χ4v) is 5.54. The second kappa shape index (κ2) is 14.9. The number of carbonyl (C=O) groups is 2. The van der Waals surface area contributed by atoms with Gasteiger partial charge in [-0.3, -0.25) is 4.79 Å². The van der Waals surface area contributed by atoms with Gasteiger partial charge in [0.05, 0.1) is 0 Å². The number of halogens is 10. The Bertz CT molecular complexity index is 1820. The lowest BCUT2D eigenvalue weighted by atomic mass is 9.73. The first kappa shape index (κ1) is 42.5. The van der Waals surface area contributed by atoms with Crippen LogP contribution in [0, 0.1) is 5.41 Å². The molecule has 0 heterocycles. The average molecular weight is 757 g/mol. The topological polar surface area (TPSA) is 58.2 Å². The molecular formula is C39H38F10N2O2. The number of nitrogens with one attached hydrogen (secondary N) is 2. The van der Waals surface area contributed by atoms with E-state index in [0.717, 1.165) is 36.4 Å². The smallest absolute Gasteiger partial charge is 0.380 e. The van der Waals surface area contributed by atoms with E-state index in [1.165, 1.54) is 57.2 Å². The van der Waals surface area contributed by atoms with Crippen LogP contribution >= 0.6 is 0 Å². The van der Waals surface area contributed by atoms with E-state index in [1.54, 1.807) is 20.8 Å². The van der Waals surface area contributed by atoms with Crippen molar-refractivity contribution in [1.82, 2.24) is 0 Å². The zero-order valence-electron chi connectivity index (χ0n) is 29.5. The highest BCUT2D eigenvalue weighted by Gasteiger charge is 2.72. The summed E-state index contributed by atoms with van der Waals surface area (Å²) in [5, 5.41) is 4.81. The van der Waals surface area contributed by atoms with Crippen LogP contribution in [0.5, 0.6) is 0 Å². The summed E-state index contributed by atoms with van der Waals surface area (Å²) >= 11 is 0. The Morgan fingerprint density at radius 3 is 1.17 bits per heavy atom. The zero-order valence-corrected chi connectivity index (χ0v) is 29.5. The van der Waals surface area contributed by atoms with Gasteiger partial charge in [0.1, 0.15) is 6.79 Å². The van der Waals surface area contributed by atoms with Crippen LogP contribution in [0.4, 0.5) is 55.3 Å². The van der Waals surface area contributed by atoms with Crippen molar-refractivity contribution in [2.24, 2.45) is 5.41 Å². The molecule has 53 heavy (non-hydrogen) atoms. The summed E-state index contributed by atoms with van der Waals surface area (Å²) < 4.78 is 147. The van der Waals surface area contributed by atoms with Crippen LogP contribution in [-0.4, -0.2) is 30.6 Å². The zero-order chi connectivity index (χ0) is 40.4. The van der Waals surface area contributed by atoms with Gasteiger partial charge in [0.15, 0.2) is 0 Å². The Hall–Kier alpha value is -4.88. The molecule has 0 saturated heterocycles. The lowest BCUT2D eigenvalue weighted by Crippen LogP contribution is -2.54. The Morgan fingerprint density at radius 2 is 0.830 bits per heavy atom. The molecule has 0 fully saturated rings. The van der Waals surface area contributed by atoms with Gasteiger partial charge in [-0.05, 0) is 67.3 Å². The number of hydrogen-bond acceptors (Lipinski definition) is 3. The van der Waals surface area contributed by atoms with Gasteiger partial charge in [-0.2, -0.15) is 35.1 Å². The summed E-state index contributed by atoms with van der Waals surface area (Å²) in [7, 11) is 0. The van der Waals surface area contributed by atoms with Crippen LogP contribution in [0.2, 0.25) is 0 Å². The number of amides is 1. The minimum atomic E-state index is -5.88. The predicted molar refractivity (Wildman–Crippen MR) is 184 cm³/mol. The molecule has 4 rings (SSSR count). The van der Waals surface area contributed by atoms with Gasteiger partial charge < -0.3 is 15.4 Å². The standard InChI is InChI=1S/C38H36F10N2O.CH2O/c1-32(2,3)36(41,42)28-13-9-24(10-14-28)23-7-11-27(12-8-23)35(39,40)31(51)49-29-19-15-25(16-20-29)34(37(43,44)45,38(46,47)48)26-17-21-30(22-18-26)50-33(4,5)6;1-2/h7-22,50H,1-6H3,(H,49,51);1H2. The molecule has 0 saturated carbocycles. The van der Waals surface area contributed by atoms with Crippen LogP contribution in [0.25, 0.3) is 11.1 Å². The molecular weight excluding hydrogens is 718 g/mol. The number of carbonyl (C=O) groups excluding carboxylic acids is 2. The van der Waals surface area contributed by atoms with Crippen LogP contribution in [0.3, 0.4) is 0 Å². The molecule has 0 spiro atoms. The fraction of sp³-hybridized carbons (Fsp3) is 0.333. The van der Waals surface area contributed by atoms with E-state index in [2.05, 4.69) is 5.32 Å². The van der Waals surface area contributed by atoms with Crippen molar-refractivity contribution in [3.63, 3.8) is 0 Å². The number of benzene rings is 4. The Kier molecular flexibility index (Phi) is 11.9. The second-order valence-corrected chi connectivity index (χ2v) is 14.3. The molecule has 0 bridgehead atoms. The Labute approximate surface area is 300 Å². The van der Waals surface area contributed by atoms with Gasteiger partial charge in [-0.15, -0.1) is 0 Å². The number of rotatable bonds is 8. The minimum absolute atomic E-state index is 0.225. The number of alkyl halides is 10. The molecule has 0 aliphatic carbocycles. The van der Waals surface area contributed by atoms with Crippen molar-refractivity contribution in [2.45, 2.75) is 76.7 Å². The maximum atomic E-state index is 15.2. The molecule has 286 valence electrons. The molecule has 0 radical (unpaired) electrons. The summed E-state index contributed by atoms with van der Waals surface area (Å²) in [4.78, 5) is 20.7. The molecule has 0 aliphatic heterocycles. The third-order valence-corrected chi connectivity index (χ3v) is 8.32. The highest BCUT2D eigenvalue weighted by molar-refractivity contribution is 5.96. The highest BCUT2D eigenvalue weighted by atomic mass is 19.4. The third kappa shape index (κ3) is 8.68. The van der Waals surface area contributed by atoms with E-state index in [1.807, 2.05) is 12.1 Å². The van der Waals surface area contributed by atoms with Crippen molar-refractivity contribution in [3.05, 3.63) is 119 Å². The van der Waals surface area contributed by atoms with Gasteiger partial charge in [0.2, 0.25) is 5.41 Å². The van der Waals surface area contributed by atoms with Gasteiger partial charge in [-0.1, -0.05) is 93.6 Å². The van der Waals surface area contributed by atoms with E-state index in [9.17, 15) is 39.9 Å². The molecule has 4 aromatic rings. The van der Waals surface area contributed by atoms with E-state index in [4.69, 9.17) is 4.79 Å². The second-order valence-electron chi connectivity index (χ2n) is 14.3. The van der Waals surface area contributed by atoms with Crippen LogP contribution in [0.1, 0.15) is 63.8 Å². The predicted octanol–water partition coefficient (Wildman–Crippen LogP) is 11.7. The molecule has 4 nitrogen and oxygen atoms in total. The number of hydrogen-bond donors (Lipinski definition) is 2. The summed E-state index contributed by atoms with van der Waals surface area (Å²) in [6.45, 7) is 11.4. The first-order valence-corrected chi connectivity index (χ1v) is 15.9. The SMILES string of the molecule is C=O.CC(C)(C)Nc1ccc(C(c2ccc(NC(=O)C(F)(F)c3ccc(-c4ccc(C(F)(F)C(C)(C)C)cc4)cc3)cc2)(C(F)(F)F)C(F)(F)F)cc1. The number of anilines is 2. The molecule has 1 amide bonds. The first-order chi connectivity index (χ1) is 24.2. The lowest BCUT2D eigenvalue weighted by Gasteiger charge is -2.38. The van der Waals surface area contributed by atoms with Crippen molar-refractivity contribution < 1.29 is 53.5 Å². The molecule has 0 unspecified atom stereocenters. The Morgan fingerprint density at radius 1 is 0.491 bits per heavy atom. The maximum Gasteiger partial charge on any atom is 0.411 e. The molecule has 2 N–H and O–H groups in total. The summed E-state index contributed by atoms with van der Waals surface area (Å²) in [6.07, 6.45) is -11.8. The molecule has 14 heteroatoms. The average Bonchev–Trinajstić information content (AvgIpc) is 3.05. The van der Waals surface area contributed by atoms with Gasteiger partial charge >= 0.3 is 18.3 Å². The van der Waals surface area contributed by atoms with Gasteiger partial charge in [0, 0.05) is 33.5 Å². The van der Waals surface area contributed by atoms with Crippen LogP contribution in [0.15, 0.2) is 97.1 Å². The molecule has 0 aliphatic rings.